The summed E-state index contributed by atoms with van der Waals surface area (Å²) >= 11 is 0. The molecule has 1 nitrogen and oxygen atoms in total. The van der Waals surface area contributed by atoms with Crippen molar-refractivity contribution in [1.29, 1.82) is 0 Å². The molecule has 0 unspecified atom stereocenters. The van der Waals surface area contributed by atoms with Crippen LogP contribution in [0.3, 0.4) is 0 Å². The first kappa shape index (κ1) is 10.2. The second-order valence-electron chi connectivity index (χ2n) is 4.00. The van der Waals surface area contributed by atoms with Gasteiger partial charge in [0.1, 0.15) is 5.75 Å². The maximum Gasteiger partial charge on any atom is 0.134 e. The SMILES string of the molecule is [CH2]COc1c2ccccc2cc2ccccc12. The molecule has 0 fully saturated rings. The van der Waals surface area contributed by atoms with Crippen molar-refractivity contribution in [2.45, 2.75) is 0 Å². The predicted octanol–water partition coefficient (Wildman–Crippen LogP) is 4.21. The Bertz CT molecular complexity index is 616. The molecule has 0 heterocycles. The van der Waals surface area contributed by atoms with E-state index >= 15 is 0 Å². The van der Waals surface area contributed by atoms with E-state index in [1.54, 1.807) is 0 Å². The van der Waals surface area contributed by atoms with Gasteiger partial charge in [-0.25, -0.2) is 0 Å². The molecule has 0 aliphatic carbocycles. The molecule has 17 heavy (non-hydrogen) atoms. The van der Waals surface area contributed by atoms with Crippen molar-refractivity contribution >= 4 is 21.5 Å². The number of hydrogen-bond donors (Lipinski definition) is 0. The van der Waals surface area contributed by atoms with Gasteiger partial charge in [0.15, 0.2) is 0 Å². The van der Waals surface area contributed by atoms with Gasteiger partial charge in [0.2, 0.25) is 0 Å². The standard InChI is InChI=1S/C16H13O/c1-2-17-16-14-9-5-3-7-12(14)11-13-8-4-6-10-15(13)16/h3-11H,1-2H2. The normalized spacial score (nSPS) is 10.9. The first-order valence-corrected chi connectivity index (χ1v) is 5.72. The molecule has 0 amide bonds. The Hall–Kier alpha value is -2.02. The largest absolute Gasteiger partial charge is 0.492 e. The molecular weight excluding hydrogens is 208 g/mol. The zero-order valence-electron chi connectivity index (χ0n) is 9.52. The minimum atomic E-state index is 0.442. The van der Waals surface area contributed by atoms with Crippen molar-refractivity contribution in [3.05, 3.63) is 61.5 Å². The van der Waals surface area contributed by atoms with Gasteiger partial charge in [0.25, 0.3) is 0 Å². The monoisotopic (exact) mass is 221 g/mol. The minimum Gasteiger partial charge on any atom is -0.492 e. The number of rotatable bonds is 2. The molecule has 3 rings (SSSR count). The molecule has 0 spiro atoms. The van der Waals surface area contributed by atoms with Crippen LogP contribution in [0.5, 0.6) is 5.75 Å². The summed E-state index contributed by atoms with van der Waals surface area (Å²) in [4.78, 5) is 0. The summed E-state index contributed by atoms with van der Waals surface area (Å²) in [5, 5.41) is 4.70. The molecule has 3 aromatic carbocycles. The molecule has 0 saturated heterocycles. The maximum atomic E-state index is 5.72. The molecule has 0 aliphatic rings. The van der Waals surface area contributed by atoms with Crippen molar-refractivity contribution in [2.24, 2.45) is 0 Å². The fourth-order valence-corrected chi connectivity index (χ4v) is 2.23. The van der Waals surface area contributed by atoms with E-state index < -0.39 is 0 Å². The average molecular weight is 221 g/mol. The smallest absolute Gasteiger partial charge is 0.134 e. The van der Waals surface area contributed by atoms with Gasteiger partial charge in [-0.15, -0.1) is 0 Å². The minimum absolute atomic E-state index is 0.442. The molecular formula is C16H13O. The fraction of sp³-hybridized carbons (Fsp3) is 0.0625. The van der Waals surface area contributed by atoms with Crippen molar-refractivity contribution < 1.29 is 4.74 Å². The van der Waals surface area contributed by atoms with Crippen LogP contribution >= 0.6 is 0 Å². The van der Waals surface area contributed by atoms with Crippen LogP contribution in [0, 0.1) is 6.92 Å². The van der Waals surface area contributed by atoms with Crippen LogP contribution in [-0.2, 0) is 0 Å². The lowest BCUT2D eigenvalue weighted by molar-refractivity contribution is 0.369. The fourth-order valence-electron chi connectivity index (χ4n) is 2.23. The number of benzene rings is 3. The zero-order chi connectivity index (χ0) is 11.7. The van der Waals surface area contributed by atoms with Gasteiger partial charge < -0.3 is 4.74 Å². The third kappa shape index (κ3) is 1.64. The highest BCUT2D eigenvalue weighted by molar-refractivity contribution is 6.05. The molecule has 0 aliphatic heterocycles. The van der Waals surface area contributed by atoms with Gasteiger partial charge >= 0.3 is 0 Å². The van der Waals surface area contributed by atoms with Crippen LogP contribution in [0.2, 0.25) is 0 Å². The summed E-state index contributed by atoms with van der Waals surface area (Å²) in [6.45, 7) is 4.21. The van der Waals surface area contributed by atoms with Gasteiger partial charge in [0.05, 0.1) is 6.61 Å². The average Bonchev–Trinajstić information content (AvgIpc) is 2.39. The second-order valence-corrected chi connectivity index (χ2v) is 4.00. The summed E-state index contributed by atoms with van der Waals surface area (Å²) in [6, 6.07) is 18.8. The number of fused-ring (bicyclic) bond motifs is 2. The molecule has 3 aromatic rings. The Morgan fingerprint density at radius 2 is 1.35 bits per heavy atom. The van der Waals surface area contributed by atoms with E-state index in [1.165, 1.54) is 10.8 Å². The molecule has 0 aromatic heterocycles. The highest BCUT2D eigenvalue weighted by Crippen LogP contribution is 2.34. The molecule has 0 bridgehead atoms. The Morgan fingerprint density at radius 1 is 0.824 bits per heavy atom. The van der Waals surface area contributed by atoms with E-state index in [-0.39, 0.29) is 0 Å². The number of hydrogen-bond acceptors (Lipinski definition) is 1. The third-order valence-corrected chi connectivity index (χ3v) is 2.97. The van der Waals surface area contributed by atoms with Crippen LogP contribution in [0.25, 0.3) is 21.5 Å². The van der Waals surface area contributed by atoms with E-state index in [1.807, 2.05) is 24.3 Å². The number of ether oxygens (including phenoxy) is 1. The topological polar surface area (TPSA) is 9.23 Å². The third-order valence-electron chi connectivity index (χ3n) is 2.97. The van der Waals surface area contributed by atoms with E-state index in [9.17, 15) is 0 Å². The lowest BCUT2D eigenvalue weighted by Gasteiger charge is -2.11. The van der Waals surface area contributed by atoms with Crippen molar-refractivity contribution in [3.63, 3.8) is 0 Å². The van der Waals surface area contributed by atoms with Gasteiger partial charge in [-0.05, 0) is 23.8 Å². The summed E-state index contributed by atoms with van der Waals surface area (Å²) < 4.78 is 5.72. The van der Waals surface area contributed by atoms with E-state index in [4.69, 9.17) is 4.74 Å². The van der Waals surface area contributed by atoms with E-state index in [0.29, 0.717) is 6.61 Å². The highest BCUT2D eigenvalue weighted by Gasteiger charge is 2.07. The Kier molecular flexibility index (Phi) is 2.45. The molecule has 0 atom stereocenters. The van der Waals surface area contributed by atoms with Gasteiger partial charge in [-0.3, -0.25) is 0 Å². The van der Waals surface area contributed by atoms with Gasteiger partial charge in [-0.2, -0.15) is 0 Å². The van der Waals surface area contributed by atoms with Crippen LogP contribution in [0.1, 0.15) is 0 Å². The Balaban J connectivity index is 2.47. The summed E-state index contributed by atoms with van der Waals surface area (Å²) in [5.41, 5.74) is 0. The van der Waals surface area contributed by atoms with Crippen molar-refractivity contribution in [3.8, 4) is 5.75 Å². The predicted molar refractivity (Wildman–Crippen MR) is 72.3 cm³/mol. The summed E-state index contributed by atoms with van der Waals surface area (Å²) in [5.74, 6) is 0.939. The van der Waals surface area contributed by atoms with Crippen LogP contribution in [0.4, 0.5) is 0 Å². The zero-order valence-corrected chi connectivity index (χ0v) is 9.52. The molecule has 1 heteroatoms. The van der Waals surface area contributed by atoms with Gasteiger partial charge in [-0.1, -0.05) is 48.5 Å². The molecule has 0 saturated carbocycles. The van der Waals surface area contributed by atoms with Crippen LogP contribution < -0.4 is 4.74 Å². The quantitative estimate of drug-likeness (QED) is 0.589. The molecule has 83 valence electrons. The first-order valence-electron chi connectivity index (χ1n) is 5.72. The van der Waals surface area contributed by atoms with Gasteiger partial charge in [0, 0.05) is 10.8 Å². The van der Waals surface area contributed by atoms with E-state index in [0.717, 1.165) is 16.5 Å². The van der Waals surface area contributed by atoms with Crippen LogP contribution in [0.15, 0.2) is 54.6 Å². The summed E-state index contributed by atoms with van der Waals surface area (Å²) in [6.07, 6.45) is 0. The maximum absolute atomic E-state index is 5.72. The van der Waals surface area contributed by atoms with E-state index in [2.05, 4.69) is 37.3 Å². The Labute approximate surface area is 101 Å². The summed E-state index contributed by atoms with van der Waals surface area (Å²) in [7, 11) is 0. The lowest BCUT2D eigenvalue weighted by atomic mass is 10.0. The lowest BCUT2D eigenvalue weighted by Crippen LogP contribution is -1.94. The Morgan fingerprint density at radius 3 is 1.88 bits per heavy atom. The molecule has 1 radical (unpaired) electrons. The van der Waals surface area contributed by atoms with Crippen LogP contribution in [-0.4, -0.2) is 6.61 Å². The molecule has 0 N–H and O–H groups in total. The van der Waals surface area contributed by atoms with Crippen molar-refractivity contribution in [1.82, 2.24) is 0 Å². The second kappa shape index (κ2) is 4.10. The highest BCUT2D eigenvalue weighted by atomic mass is 16.5. The first-order chi connectivity index (χ1) is 8.40. The van der Waals surface area contributed by atoms with Crippen molar-refractivity contribution in [2.75, 3.05) is 6.61 Å².